The number of rotatable bonds is 7. The number of hydrogen-bond donors (Lipinski definition) is 2. The van der Waals surface area contributed by atoms with Crippen LogP contribution in [0, 0.1) is 5.92 Å². The van der Waals surface area contributed by atoms with Crippen LogP contribution in [0.25, 0.3) is 0 Å². The van der Waals surface area contributed by atoms with Gasteiger partial charge in [0.1, 0.15) is 12.0 Å². The van der Waals surface area contributed by atoms with Crippen LogP contribution in [0.3, 0.4) is 0 Å². The van der Waals surface area contributed by atoms with Crippen molar-refractivity contribution in [2.45, 2.75) is 20.8 Å². The van der Waals surface area contributed by atoms with Gasteiger partial charge in [0.05, 0.1) is 13.2 Å². The van der Waals surface area contributed by atoms with Gasteiger partial charge in [-0.25, -0.2) is 4.98 Å². The minimum absolute atomic E-state index is 0.0721. The van der Waals surface area contributed by atoms with Gasteiger partial charge in [-0.3, -0.25) is 4.79 Å². The second-order valence-corrected chi connectivity index (χ2v) is 4.90. The Labute approximate surface area is 119 Å². The zero-order valence-corrected chi connectivity index (χ0v) is 12.5. The first-order chi connectivity index (χ1) is 9.45. The number of aromatic nitrogens is 2. The lowest BCUT2D eigenvalue weighted by Crippen LogP contribution is -2.37. The van der Waals surface area contributed by atoms with E-state index < -0.39 is 0 Å². The van der Waals surface area contributed by atoms with E-state index in [4.69, 9.17) is 10.5 Å². The topological polar surface area (TPSA) is 93.4 Å². The minimum atomic E-state index is -0.0721. The summed E-state index contributed by atoms with van der Waals surface area (Å²) in [5.41, 5.74) is 6.29. The molecule has 0 unspecified atom stereocenters. The highest BCUT2D eigenvalue weighted by molar-refractivity contribution is 5.82. The Balaban J connectivity index is 2.69. The first-order valence-corrected chi connectivity index (χ1v) is 6.66. The number of nitrogen functional groups attached to an aromatic ring is 1. The Kier molecular flexibility index (Phi) is 6.02. The van der Waals surface area contributed by atoms with Crippen molar-refractivity contribution < 1.29 is 9.53 Å². The van der Waals surface area contributed by atoms with Crippen LogP contribution in [-0.4, -0.2) is 42.6 Å². The third kappa shape index (κ3) is 4.56. The summed E-state index contributed by atoms with van der Waals surface area (Å²) in [6.45, 7) is 7.24. The summed E-state index contributed by atoms with van der Waals surface area (Å²) in [6.07, 6.45) is 1.37. The van der Waals surface area contributed by atoms with Crippen LogP contribution in [0.5, 0.6) is 5.88 Å². The highest BCUT2D eigenvalue weighted by Crippen LogP contribution is 2.26. The summed E-state index contributed by atoms with van der Waals surface area (Å²) in [5.74, 6) is 1.17. The summed E-state index contributed by atoms with van der Waals surface area (Å²) in [7, 11) is 1.75. The molecule has 1 aromatic rings. The molecule has 20 heavy (non-hydrogen) atoms. The van der Waals surface area contributed by atoms with E-state index in [-0.39, 0.29) is 12.5 Å². The summed E-state index contributed by atoms with van der Waals surface area (Å²) in [5, 5.41) is 2.85. The van der Waals surface area contributed by atoms with Crippen molar-refractivity contribution in [2.75, 3.05) is 37.4 Å². The molecule has 0 aliphatic rings. The van der Waals surface area contributed by atoms with Crippen molar-refractivity contribution in [2.24, 2.45) is 5.92 Å². The maximum absolute atomic E-state index is 11.8. The average Bonchev–Trinajstić information content (AvgIpc) is 2.39. The van der Waals surface area contributed by atoms with Crippen LogP contribution in [0.1, 0.15) is 20.8 Å². The second kappa shape index (κ2) is 7.52. The first-order valence-electron chi connectivity index (χ1n) is 6.66. The number of carbonyl (C=O) groups is 1. The average molecular weight is 281 g/mol. The molecule has 1 amide bonds. The number of nitrogens with one attached hydrogen (secondary N) is 1. The van der Waals surface area contributed by atoms with Crippen molar-refractivity contribution in [3.8, 4) is 5.88 Å². The highest BCUT2D eigenvalue weighted by Gasteiger charge is 2.15. The van der Waals surface area contributed by atoms with Crippen LogP contribution >= 0.6 is 0 Å². The normalized spacial score (nSPS) is 10.4. The Bertz CT molecular complexity index is 450. The molecule has 0 spiro atoms. The molecular formula is C13H23N5O2. The largest absolute Gasteiger partial charge is 0.476 e. The monoisotopic (exact) mass is 281 g/mol. The molecule has 7 heteroatoms. The van der Waals surface area contributed by atoms with Gasteiger partial charge < -0.3 is 20.7 Å². The van der Waals surface area contributed by atoms with Gasteiger partial charge in [-0.05, 0) is 12.8 Å². The molecule has 0 aromatic carbocycles. The lowest BCUT2D eigenvalue weighted by molar-refractivity contribution is -0.119. The van der Waals surface area contributed by atoms with Crippen LogP contribution in [0.4, 0.5) is 11.5 Å². The van der Waals surface area contributed by atoms with E-state index in [1.165, 1.54) is 6.33 Å². The van der Waals surface area contributed by atoms with Gasteiger partial charge in [-0.15, -0.1) is 0 Å². The molecule has 1 rings (SSSR count). The number of ether oxygens (including phenoxy) is 1. The lowest BCUT2D eigenvalue weighted by Gasteiger charge is -2.20. The number of anilines is 2. The fraction of sp³-hybridized carbons (Fsp3) is 0.615. The van der Waals surface area contributed by atoms with Gasteiger partial charge in [-0.1, -0.05) is 13.8 Å². The zero-order chi connectivity index (χ0) is 15.1. The molecule has 1 aromatic heterocycles. The molecule has 0 aliphatic carbocycles. The third-order valence-electron chi connectivity index (χ3n) is 2.56. The molecule has 112 valence electrons. The number of likely N-dealkylation sites (N-methyl/N-ethyl adjacent to an activating group) is 1. The summed E-state index contributed by atoms with van der Waals surface area (Å²) in [6, 6.07) is 0. The van der Waals surface area contributed by atoms with Crippen molar-refractivity contribution in [3.05, 3.63) is 6.33 Å². The zero-order valence-electron chi connectivity index (χ0n) is 12.5. The molecule has 0 radical (unpaired) electrons. The van der Waals surface area contributed by atoms with Crippen molar-refractivity contribution in [1.82, 2.24) is 15.3 Å². The maximum Gasteiger partial charge on any atom is 0.242 e. The maximum atomic E-state index is 11.8. The smallest absolute Gasteiger partial charge is 0.242 e. The van der Waals surface area contributed by atoms with Crippen LogP contribution in [0.2, 0.25) is 0 Å². The highest BCUT2D eigenvalue weighted by atomic mass is 16.5. The standard InChI is InChI=1S/C13H23N5O2/c1-5-20-13-11(14)12(16-8-17-13)18(4)7-10(19)15-6-9(2)3/h8-9H,5-7,14H2,1-4H3,(H,15,19). The Morgan fingerprint density at radius 1 is 1.50 bits per heavy atom. The molecule has 0 atom stereocenters. The minimum Gasteiger partial charge on any atom is -0.476 e. The van der Waals surface area contributed by atoms with E-state index in [0.717, 1.165) is 0 Å². The molecule has 0 aliphatic heterocycles. The molecule has 0 saturated carbocycles. The number of carbonyl (C=O) groups excluding carboxylic acids is 1. The molecular weight excluding hydrogens is 258 g/mol. The van der Waals surface area contributed by atoms with E-state index in [1.807, 2.05) is 20.8 Å². The Morgan fingerprint density at radius 2 is 2.20 bits per heavy atom. The molecule has 0 bridgehead atoms. The fourth-order valence-electron chi connectivity index (χ4n) is 1.59. The first kappa shape index (κ1) is 16.0. The predicted molar refractivity (Wildman–Crippen MR) is 78.7 cm³/mol. The van der Waals surface area contributed by atoms with Gasteiger partial charge in [0.15, 0.2) is 5.82 Å². The van der Waals surface area contributed by atoms with Crippen molar-refractivity contribution in [3.63, 3.8) is 0 Å². The van der Waals surface area contributed by atoms with Crippen LogP contribution < -0.4 is 20.7 Å². The molecule has 0 saturated heterocycles. The van der Waals surface area contributed by atoms with Gasteiger partial charge in [-0.2, -0.15) is 4.98 Å². The number of nitrogens with two attached hydrogens (primary N) is 1. The van der Waals surface area contributed by atoms with Crippen LogP contribution in [-0.2, 0) is 4.79 Å². The van der Waals surface area contributed by atoms with Gasteiger partial charge in [0.25, 0.3) is 0 Å². The Morgan fingerprint density at radius 3 is 2.80 bits per heavy atom. The van der Waals surface area contributed by atoms with E-state index in [1.54, 1.807) is 11.9 Å². The SMILES string of the molecule is CCOc1ncnc(N(C)CC(=O)NCC(C)C)c1N. The second-order valence-electron chi connectivity index (χ2n) is 4.90. The number of hydrogen-bond acceptors (Lipinski definition) is 6. The molecule has 1 heterocycles. The summed E-state index contributed by atoms with van der Waals surface area (Å²) >= 11 is 0. The van der Waals surface area contributed by atoms with E-state index in [2.05, 4.69) is 15.3 Å². The number of amides is 1. The van der Waals surface area contributed by atoms with Gasteiger partial charge in [0.2, 0.25) is 11.8 Å². The van der Waals surface area contributed by atoms with Crippen molar-refractivity contribution >= 4 is 17.4 Å². The van der Waals surface area contributed by atoms with Gasteiger partial charge in [0, 0.05) is 13.6 Å². The van der Waals surface area contributed by atoms with Gasteiger partial charge >= 0.3 is 0 Å². The van der Waals surface area contributed by atoms with E-state index >= 15 is 0 Å². The van der Waals surface area contributed by atoms with E-state index in [9.17, 15) is 4.79 Å². The van der Waals surface area contributed by atoms with Crippen molar-refractivity contribution in [1.29, 1.82) is 0 Å². The molecule has 3 N–H and O–H groups in total. The molecule has 7 nitrogen and oxygen atoms in total. The van der Waals surface area contributed by atoms with E-state index in [0.29, 0.717) is 36.5 Å². The summed E-state index contributed by atoms with van der Waals surface area (Å²) < 4.78 is 5.31. The third-order valence-corrected chi connectivity index (χ3v) is 2.56. The van der Waals surface area contributed by atoms with Crippen LogP contribution in [0.15, 0.2) is 6.33 Å². The fourth-order valence-corrected chi connectivity index (χ4v) is 1.59. The Hall–Kier alpha value is -2.05. The quantitative estimate of drug-likeness (QED) is 0.763. The lowest BCUT2D eigenvalue weighted by atomic mass is 10.2. The summed E-state index contributed by atoms with van der Waals surface area (Å²) in [4.78, 5) is 21.5. The predicted octanol–water partition coefficient (Wildman–Crippen LogP) is 0.666. The number of nitrogens with zero attached hydrogens (tertiary/aromatic N) is 3. The molecule has 0 fully saturated rings.